The summed E-state index contributed by atoms with van der Waals surface area (Å²) in [6.45, 7) is 5.11. The average molecular weight is 463 g/mol. The normalized spacial score (nSPS) is 21.3. The molecular formula is C26H23ClN2O2S. The van der Waals surface area contributed by atoms with Crippen molar-refractivity contribution in [2.45, 2.75) is 30.0 Å². The predicted octanol–water partition coefficient (Wildman–Crippen LogP) is 5.71. The van der Waals surface area contributed by atoms with Gasteiger partial charge in [0.05, 0.1) is 12.2 Å². The third-order valence-corrected chi connectivity index (χ3v) is 7.80. The fraction of sp³-hybridized carbons (Fsp3) is 0.231. The number of carbonyl (C=O) groups excluding carboxylic acids is 2. The number of benzene rings is 3. The fourth-order valence-electron chi connectivity index (χ4n) is 4.63. The SMILES string of the molecule is CC1(C)CN(C(=O)c2ccc(Cl)cc2)C2(S1)C(=O)N(Cc1ccccc1)c1ccccc12. The zero-order valence-electron chi connectivity index (χ0n) is 17.9. The first-order valence-electron chi connectivity index (χ1n) is 10.5. The Hall–Kier alpha value is -2.76. The quantitative estimate of drug-likeness (QED) is 0.500. The van der Waals surface area contributed by atoms with Crippen LogP contribution in [-0.2, 0) is 16.2 Å². The summed E-state index contributed by atoms with van der Waals surface area (Å²) in [4.78, 5) is 30.4. The van der Waals surface area contributed by atoms with Crippen molar-refractivity contribution in [3.63, 3.8) is 0 Å². The molecule has 4 nitrogen and oxygen atoms in total. The van der Waals surface area contributed by atoms with Crippen molar-refractivity contribution < 1.29 is 9.59 Å². The van der Waals surface area contributed by atoms with Crippen LogP contribution < -0.4 is 4.90 Å². The van der Waals surface area contributed by atoms with E-state index >= 15 is 0 Å². The largest absolute Gasteiger partial charge is 0.310 e. The minimum atomic E-state index is -1.09. The van der Waals surface area contributed by atoms with E-state index in [1.54, 1.807) is 40.9 Å². The average Bonchev–Trinajstić information content (AvgIpc) is 3.21. The van der Waals surface area contributed by atoms with Crippen molar-refractivity contribution in [2.24, 2.45) is 0 Å². The first-order valence-corrected chi connectivity index (χ1v) is 11.7. The molecule has 2 aliphatic rings. The number of anilines is 1. The number of rotatable bonds is 3. The van der Waals surface area contributed by atoms with Gasteiger partial charge in [-0.1, -0.05) is 60.1 Å². The third kappa shape index (κ3) is 3.31. The molecule has 5 rings (SSSR count). The molecule has 1 fully saturated rings. The molecule has 1 atom stereocenters. The van der Waals surface area contributed by atoms with Gasteiger partial charge in [-0.25, -0.2) is 0 Å². The Kier molecular flexibility index (Phi) is 5.06. The van der Waals surface area contributed by atoms with Crippen molar-refractivity contribution in [3.05, 3.63) is 101 Å². The van der Waals surface area contributed by atoms with Crippen LogP contribution in [0.1, 0.15) is 35.3 Å². The molecule has 6 heteroatoms. The highest BCUT2D eigenvalue weighted by atomic mass is 35.5. The number of carbonyl (C=O) groups is 2. The van der Waals surface area contributed by atoms with E-state index in [9.17, 15) is 9.59 Å². The third-order valence-electron chi connectivity index (χ3n) is 5.96. The second-order valence-corrected chi connectivity index (χ2v) is 11.1. The van der Waals surface area contributed by atoms with Gasteiger partial charge in [0, 0.05) is 27.4 Å². The Morgan fingerprint density at radius 3 is 2.34 bits per heavy atom. The minimum Gasteiger partial charge on any atom is -0.310 e. The van der Waals surface area contributed by atoms with E-state index in [-0.39, 0.29) is 16.6 Å². The van der Waals surface area contributed by atoms with Crippen molar-refractivity contribution >= 4 is 40.9 Å². The van der Waals surface area contributed by atoms with Gasteiger partial charge in [-0.05, 0) is 49.7 Å². The predicted molar refractivity (Wildman–Crippen MR) is 130 cm³/mol. The van der Waals surface area contributed by atoms with Crippen LogP contribution in [0.5, 0.6) is 0 Å². The van der Waals surface area contributed by atoms with Crippen LogP contribution in [-0.4, -0.2) is 28.0 Å². The number of fused-ring (bicyclic) bond motifs is 2. The zero-order valence-corrected chi connectivity index (χ0v) is 19.5. The Balaban J connectivity index is 1.62. The smallest absolute Gasteiger partial charge is 0.268 e. The van der Waals surface area contributed by atoms with Gasteiger partial charge in [0.1, 0.15) is 0 Å². The van der Waals surface area contributed by atoms with E-state index in [2.05, 4.69) is 13.8 Å². The van der Waals surface area contributed by atoms with E-state index in [4.69, 9.17) is 11.6 Å². The first-order chi connectivity index (χ1) is 15.3. The molecule has 162 valence electrons. The highest BCUT2D eigenvalue weighted by Gasteiger charge is 2.63. The van der Waals surface area contributed by atoms with E-state index in [1.807, 2.05) is 59.5 Å². The molecule has 0 aliphatic carbocycles. The molecule has 2 aliphatic heterocycles. The summed E-state index contributed by atoms with van der Waals surface area (Å²) in [6.07, 6.45) is 0. The molecular weight excluding hydrogens is 440 g/mol. The Morgan fingerprint density at radius 2 is 1.62 bits per heavy atom. The lowest BCUT2D eigenvalue weighted by Crippen LogP contribution is -2.50. The summed E-state index contributed by atoms with van der Waals surface area (Å²) in [7, 11) is 0. The van der Waals surface area contributed by atoms with E-state index in [1.165, 1.54) is 0 Å². The monoisotopic (exact) mass is 462 g/mol. The van der Waals surface area contributed by atoms with Gasteiger partial charge in [-0.3, -0.25) is 9.59 Å². The summed E-state index contributed by atoms with van der Waals surface area (Å²) in [5.74, 6) is -0.232. The van der Waals surface area contributed by atoms with Gasteiger partial charge >= 0.3 is 0 Å². The van der Waals surface area contributed by atoms with Crippen LogP contribution >= 0.6 is 23.4 Å². The van der Waals surface area contributed by atoms with E-state index < -0.39 is 4.87 Å². The van der Waals surface area contributed by atoms with E-state index in [0.717, 1.165) is 16.8 Å². The van der Waals surface area contributed by atoms with Gasteiger partial charge < -0.3 is 9.80 Å². The number of para-hydroxylation sites is 1. The standard InChI is InChI=1S/C26H23ClN2O2S/c1-25(2)17-29(23(30)19-12-14-20(27)15-13-19)26(32-25)21-10-6-7-11-22(21)28(24(26)31)16-18-8-4-3-5-9-18/h3-15H,16-17H2,1-2H3. The van der Waals surface area contributed by atoms with Gasteiger partial charge in [-0.15, -0.1) is 11.8 Å². The van der Waals surface area contributed by atoms with Gasteiger partial charge in [-0.2, -0.15) is 0 Å². The van der Waals surface area contributed by atoms with Crippen LogP contribution in [0.2, 0.25) is 5.02 Å². The molecule has 0 saturated carbocycles. The van der Waals surface area contributed by atoms with Crippen LogP contribution in [0.25, 0.3) is 0 Å². The van der Waals surface area contributed by atoms with Crippen LogP contribution in [0.4, 0.5) is 5.69 Å². The van der Waals surface area contributed by atoms with Crippen molar-refractivity contribution in [2.75, 3.05) is 11.4 Å². The maximum Gasteiger partial charge on any atom is 0.268 e. The summed E-state index contributed by atoms with van der Waals surface area (Å²) in [5.41, 5.74) is 3.31. The lowest BCUT2D eigenvalue weighted by molar-refractivity contribution is -0.123. The molecule has 0 radical (unpaired) electrons. The number of hydrogen-bond donors (Lipinski definition) is 0. The molecule has 1 unspecified atom stereocenters. The summed E-state index contributed by atoms with van der Waals surface area (Å²) in [6, 6.07) is 24.7. The summed E-state index contributed by atoms with van der Waals surface area (Å²) >= 11 is 7.60. The molecule has 1 saturated heterocycles. The molecule has 1 spiro atoms. The Morgan fingerprint density at radius 1 is 0.969 bits per heavy atom. The number of halogens is 1. The minimum absolute atomic E-state index is 0.0690. The number of thioether (sulfide) groups is 1. The maximum atomic E-state index is 14.2. The Labute approximate surface area is 197 Å². The Bertz CT molecular complexity index is 1200. The van der Waals surface area contributed by atoms with Crippen molar-refractivity contribution in [3.8, 4) is 0 Å². The topological polar surface area (TPSA) is 40.6 Å². The molecule has 2 amide bonds. The molecule has 32 heavy (non-hydrogen) atoms. The van der Waals surface area contributed by atoms with Gasteiger partial charge in [0.2, 0.25) is 0 Å². The zero-order chi connectivity index (χ0) is 22.5. The highest BCUT2D eigenvalue weighted by molar-refractivity contribution is 8.02. The lowest BCUT2D eigenvalue weighted by Gasteiger charge is -2.33. The molecule has 0 aromatic heterocycles. The van der Waals surface area contributed by atoms with Crippen molar-refractivity contribution in [1.29, 1.82) is 0 Å². The fourth-order valence-corrected chi connectivity index (χ4v) is 6.49. The lowest BCUT2D eigenvalue weighted by atomic mass is 10.0. The molecule has 2 heterocycles. The maximum absolute atomic E-state index is 14.2. The summed E-state index contributed by atoms with van der Waals surface area (Å²) in [5, 5.41) is 0.573. The highest BCUT2D eigenvalue weighted by Crippen LogP contribution is 2.60. The number of hydrogen-bond acceptors (Lipinski definition) is 3. The van der Waals surface area contributed by atoms with Gasteiger partial charge in [0.25, 0.3) is 11.8 Å². The van der Waals surface area contributed by atoms with Crippen LogP contribution in [0.3, 0.4) is 0 Å². The molecule has 0 N–H and O–H groups in total. The number of nitrogens with zero attached hydrogens (tertiary/aromatic N) is 2. The molecule has 0 bridgehead atoms. The van der Waals surface area contributed by atoms with E-state index in [0.29, 0.717) is 23.7 Å². The second-order valence-electron chi connectivity index (χ2n) is 8.80. The van der Waals surface area contributed by atoms with Gasteiger partial charge in [0.15, 0.2) is 4.87 Å². The number of amides is 2. The summed E-state index contributed by atoms with van der Waals surface area (Å²) < 4.78 is -0.284. The first kappa shape index (κ1) is 21.1. The van der Waals surface area contributed by atoms with Crippen LogP contribution in [0.15, 0.2) is 78.9 Å². The van der Waals surface area contributed by atoms with Crippen molar-refractivity contribution in [1.82, 2.24) is 4.90 Å². The molecule has 3 aromatic rings. The second kappa shape index (κ2) is 7.68. The van der Waals surface area contributed by atoms with Crippen LogP contribution in [0, 0.1) is 0 Å². The molecule has 3 aromatic carbocycles.